The van der Waals surface area contributed by atoms with Crippen LogP contribution in [0.1, 0.15) is 111 Å². The van der Waals surface area contributed by atoms with E-state index >= 15 is 0 Å². The van der Waals surface area contributed by atoms with Gasteiger partial charge in [-0.1, -0.05) is 76.3 Å². The number of aryl methyl sites for hydroxylation is 1. The van der Waals surface area contributed by atoms with E-state index in [1.54, 1.807) is 12.1 Å². The molecule has 5 rings (SSSR count). The van der Waals surface area contributed by atoms with Crippen molar-refractivity contribution in [2.24, 2.45) is 46.3 Å². The van der Waals surface area contributed by atoms with Gasteiger partial charge >= 0.3 is 5.97 Å². The van der Waals surface area contributed by atoms with Crippen molar-refractivity contribution in [1.82, 2.24) is 0 Å². The maximum absolute atomic E-state index is 13.4. The highest BCUT2D eigenvalue weighted by Crippen LogP contribution is 2.67. The van der Waals surface area contributed by atoms with Gasteiger partial charge in [-0.15, -0.1) is 0 Å². The summed E-state index contributed by atoms with van der Waals surface area (Å²) in [6.45, 7) is 13.4. The Morgan fingerprint density at radius 3 is 2.43 bits per heavy atom. The molecule has 42 heavy (non-hydrogen) atoms. The monoisotopic (exact) mass is 598 g/mol. The molecule has 0 heterocycles. The van der Waals surface area contributed by atoms with E-state index in [-0.39, 0.29) is 29.0 Å². The summed E-state index contributed by atoms with van der Waals surface area (Å²) in [5.74, 6) is 3.67. The SMILES string of the molecule is CC(=O)O[C@H]1CC[C@@]2(COS(=O)(=O)c3ccc(C)cc3)C(=CC[C@@H]3[C@@H]2CC[C@]2(C)[C@@H]([C@H](C)CCCC(C)C)CC[C@@H]32)C1. The largest absolute Gasteiger partial charge is 0.462 e. The third-order valence-electron chi connectivity index (χ3n) is 12.1. The fourth-order valence-electron chi connectivity index (χ4n) is 10.0. The van der Waals surface area contributed by atoms with E-state index in [4.69, 9.17) is 8.92 Å². The lowest BCUT2D eigenvalue weighted by atomic mass is 9.46. The Morgan fingerprint density at radius 2 is 1.74 bits per heavy atom. The molecule has 3 fully saturated rings. The molecule has 234 valence electrons. The van der Waals surface area contributed by atoms with Gasteiger partial charge in [-0.05, 0) is 105 Å². The van der Waals surface area contributed by atoms with Crippen molar-refractivity contribution < 1.29 is 22.1 Å². The summed E-state index contributed by atoms with van der Waals surface area (Å²) >= 11 is 0. The van der Waals surface area contributed by atoms with E-state index < -0.39 is 10.1 Å². The standard InChI is InChI=1S/C36H54O5S/c1-24(2)8-7-9-26(4)32-16-17-33-31-15-12-28-22-29(41-27(5)37)18-21-36(28,34(31)19-20-35(32,33)6)23-40-42(38,39)30-13-10-25(3)11-14-30/h10-14,24,26,29,31-34H,7-9,15-23H2,1-6H3/t26-,29+,31+,32-,33+,34+,35-,36-/m1/s1. The van der Waals surface area contributed by atoms with Crippen LogP contribution in [0.3, 0.4) is 0 Å². The van der Waals surface area contributed by atoms with Crippen LogP contribution in [0.2, 0.25) is 0 Å². The first-order valence-corrected chi connectivity index (χ1v) is 18.1. The molecule has 0 radical (unpaired) electrons. The van der Waals surface area contributed by atoms with E-state index in [2.05, 4.69) is 33.8 Å². The second-order valence-corrected chi connectivity index (χ2v) is 16.6. The number of esters is 1. The molecule has 1 aromatic rings. The van der Waals surface area contributed by atoms with Gasteiger partial charge in [-0.2, -0.15) is 8.42 Å². The van der Waals surface area contributed by atoms with Crippen LogP contribution in [0.15, 0.2) is 40.8 Å². The zero-order valence-electron chi connectivity index (χ0n) is 26.9. The Bertz CT molecular complexity index is 1250. The maximum Gasteiger partial charge on any atom is 0.302 e. The van der Waals surface area contributed by atoms with Gasteiger partial charge < -0.3 is 4.74 Å². The van der Waals surface area contributed by atoms with Crippen molar-refractivity contribution >= 4 is 16.1 Å². The summed E-state index contributed by atoms with van der Waals surface area (Å²) in [7, 11) is -3.88. The lowest BCUT2D eigenvalue weighted by Gasteiger charge is -2.59. The number of ether oxygens (including phenoxy) is 1. The molecule has 4 aliphatic carbocycles. The van der Waals surface area contributed by atoms with Gasteiger partial charge in [0.2, 0.25) is 0 Å². The fourth-order valence-corrected chi connectivity index (χ4v) is 11.0. The second kappa shape index (κ2) is 12.4. The average Bonchev–Trinajstić information content (AvgIpc) is 3.29. The molecule has 0 amide bonds. The molecule has 6 heteroatoms. The number of rotatable bonds is 10. The minimum absolute atomic E-state index is 0.136. The second-order valence-electron chi connectivity index (χ2n) is 15.0. The summed E-state index contributed by atoms with van der Waals surface area (Å²) in [5, 5.41) is 0. The van der Waals surface area contributed by atoms with Crippen molar-refractivity contribution in [2.45, 2.75) is 123 Å². The molecule has 8 atom stereocenters. The van der Waals surface area contributed by atoms with Crippen molar-refractivity contribution in [3.05, 3.63) is 41.5 Å². The van der Waals surface area contributed by atoms with E-state index in [0.717, 1.165) is 49.0 Å². The molecule has 3 saturated carbocycles. The van der Waals surface area contributed by atoms with Crippen LogP contribution in [0.5, 0.6) is 0 Å². The predicted molar refractivity (Wildman–Crippen MR) is 167 cm³/mol. The molecule has 5 nitrogen and oxygen atoms in total. The number of carbonyl (C=O) groups is 1. The van der Waals surface area contributed by atoms with Crippen LogP contribution in [0, 0.1) is 53.3 Å². The summed E-state index contributed by atoms with van der Waals surface area (Å²) in [6, 6.07) is 6.94. The lowest BCUT2D eigenvalue weighted by molar-refractivity contribution is -0.149. The molecule has 4 aliphatic rings. The molecule has 0 bridgehead atoms. The van der Waals surface area contributed by atoms with Gasteiger partial charge in [0.05, 0.1) is 11.5 Å². The van der Waals surface area contributed by atoms with Crippen LogP contribution < -0.4 is 0 Å². The summed E-state index contributed by atoms with van der Waals surface area (Å²) in [5.41, 5.74) is 2.32. The molecule has 1 aromatic carbocycles. The minimum atomic E-state index is -3.88. The van der Waals surface area contributed by atoms with Gasteiger partial charge in [0.15, 0.2) is 0 Å². The number of hydrogen-bond donors (Lipinski definition) is 0. The van der Waals surface area contributed by atoms with Gasteiger partial charge in [-0.3, -0.25) is 8.98 Å². The topological polar surface area (TPSA) is 69.7 Å². The van der Waals surface area contributed by atoms with Gasteiger partial charge in [-0.25, -0.2) is 0 Å². The Labute approximate surface area is 255 Å². The number of hydrogen-bond acceptors (Lipinski definition) is 5. The van der Waals surface area contributed by atoms with Crippen LogP contribution >= 0.6 is 0 Å². The molecule has 0 N–H and O–H groups in total. The van der Waals surface area contributed by atoms with Gasteiger partial charge in [0, 0.05) is 18.8 Å². The zero-order valence-corrected chi connectivity index (χ0v) is 27.7. The van der Waals surface area contributed by atoms with E-state index in [1.165, 1.54) is 51.0 Å². The van der Waals surface area contributed by atoms with Crippen LogP contribution in [-0.2, 0) is 23.8 Å². The highest BCUT2D eigenvalue weighted by molar-refractivity contribution is 7.86. The van der Waals surface area contributed by atoms with Crippen molar-refractivity contribution in [2.75, 3.05) is 6.61 Å². The number of fused-ring (bicyclic) bond motifs is 5. The first-order chi connectivity index (χ1) is 19.9. The molecule has 0 aliphatic heterocycles. The number of benzene rings is 1. The van der Waals surface area contributed by atoms with Gasteiger partial charge in [0.1, 0.15) is 6.10 Å². The molecule has 0 aromatic heterocycles. The maximum atomic E-state index is 13.4. The molecular weight excluding hydrogens is 544 g/mol. The van der Waals surface area contributed by atoms with E-state index in [1.807, 2.05) is 19.1 Å². The Morgan fingerprint density at radius 1 is 1.00 bits per heavy atom. The quantitative estimate of drug-likeness (QED) is 0.153. The average molecular weight is 599 g/mol. The number of allylic oxidation sites excluding steroid dienone is 1. The van der Waals surface area contributed by atoms with Crippen LogP contribution in [-0.4, -0.2) is 27.1 Å². The molecule has 0 saturated heterocycles. The predicted octanol–water partition coefficient (Wildman–Crippen LogP) is 8.65. The minimum Gasteiger partial charge on any atom is -0.462 e. The van der Waals surface area contributed by atoms with Crippen LogP contribution in [0.25, 0.3) is 0 Å². The third kappa shape index (κ3) is 6.14. The highest BCUT2D eigenvalue weighted by Gasteiger charge is 2.60. The summed E-state index contributed by atoms with van der Waals surface area (Å²) in [4.78, 5) is 12.0. The normalized spacial score (nSPS) is 35.1. The molecule has 0 spiro atoms. The van der Waals surface area contributed by atoms with Crippen molar-refractivity contribution in [3.8, 4) is 0 Å². The molecule has 0 unspecified atom stereocenters. The highest BCUT2D eigenvalue weighted by atomic mass is 32.2. The smallest absolute Gasteiger partial charge is 0.302 e. The van der Waals surface area contributed by atoms with Crippen LogP contribution in [0.4, 0.5) is 0 Å². The fraction of sp³-hybridized carbons (Fsp3) is 0.750. The Hall–Kier alpha value is -1.66. The van der Waals surface area contributed by atoms with E-state index in [9.17, 15) is 13.2 Å². The number of carbonyl (C=O) groups excluding carboxylic acids is 1. The molecular formula is C36H54O5S. The van der Waals surface area contributed by atoms with Gasteiger partial charge in [0.25, 0.3) is 10.1 Å². The Balaban J connectivity index is 1.40. The summed E-state index contributed by atoms with van der Waals surface area (Å²) in [6.07, 6.45) is 14.5. The first-order valence-electron chi connectivity index (χ1n) is 16.7. The lowest BCUT2D eigenvalue weighted by Crippen LogP contribution is -2.54. The van der Waals surface area contributed by atoms with Crippen molar-refractivity contribution in [3.63, 3.8) is 0 Å². The van der Waals surface area contributed by atoms with Crippen molar-refractivity contribution in [1.29, 1.82) is 0 Å². The summed E-state index contributed by atoms with van der Waals surface area (Å²) < 4.78 is 38.5. The zero-order chi connectivity index (χ0) is 30.3. The first kappa shape index (κ1) is 31.8. The third-order valence-corrected chi connectivity index (χ3v) is 13.4. The van der Waals surface area contributed by atoms with E-state index in [0.29, 0.717) is 29.6 Å². The Kier molecular flexibility index (Phi) is 9.36.